The summed E-state index contributed by atoms with van der Waals surface area (Å²) in [6.45, 7) is 8.88. The number of rotatable bonds is 4. The SMILES string of the molecule is CO[C@@H]1[C@H](OC)CO[C@@]2(CN3CCC(C)(N)CC3)OC(C)(C)O[C@@H]12. The first kappa shape index (κ1) is 18.5. The van der Waals surface area contributed by atoms with Crippen molar-refractivity contribution in [2.75, 3.05) is 40.5 Å². The van der Waals surface area contributed by atoms with E-state index in [9.17, 15) is 0 Å². The summed E-state index contributed by atoms with van der Waals surface area (Å²) in [7, 11) is 3.35. The van der Waals surface area contributed by atoms with E-state index < -0.39 is 11.6 Å². The van der Waals surface area contributed by atoms with Crippen LogP contribution in [0.25, 0.3) is 0 Å². The summed E-state index contributed by atoms with van der Waals surface area (Å²) in [5.74, 6) is -1.55. The molecule has 0 saturated carbocycles. The molecule has 140 valence electrons. The first-order valence-electron chi connectivity index (χ1n) is 8.79. The second-order valence-corrected chi connectivity index (χ2v) is 8.07. The van der Waals surface area contributed by atoms with Gasteiger partial charge in [0.2, 0.25) is 5.79 Å². The molecule has 0 aromatic carbocycles. The highest BCUT2D eigenvalue weighted by molar-refractivity contribution is 5.02. The summed E-state index contributed by atoms with van der Waals surface area (Å²) in [4.78, 5) is 2.35. The van der Waals surface area contributed by atoms with Gasteiger partial charge in [0, 0.05) is 32.8 Å². The average Bonchev–Trinajstić information content (AvgIpc) is 2.78. The van der Waals surface area contributed by atoms with Gasteiger partial charge in [0.05, 0.1) is 13.2 Å². The van der Waals surface area contributed by atoms with Crippen molar-refractivity contribution < 1.29 is 23.7 Å². The lowest BCUT2D eigenvalue weighted by molar-refractivity contribution is -0.302. The van der Waals surface area contributed by atoms with Gasteiger partial charge in [-0.1, -0.05) is 0 Å². The topological polar surface area (TPSA) is 75.4 Å². The molecule has 3 aliphatic rings. The fourth-order valence-corrected chi connectivity index (χ4v) is 4.01. The molecule has 3 rings (SSSR count). The number of piperidine rings is 1. The van der Waals surface area contributed by atoms with Crippen LogP contribution in [0.5, 0.6) is 0 Å². The van der Waals surface area contributed by atoms with Crippen molar-refractivity contribution >= 4 is 0 Å². The maximum Gasteiger partial charge on any atom is 0.213 e. The highest BCUT2D eigenvalue weighted by Crippen LogP contribution is 2.44. The van der Waals surface area contributed by atoms with Gasteiger partial charge in [-0.15, -0.1) is 0 Å². The van der Waals surface area contributed by atoms with Gasteiger partial charge in [-0.25, -0.2) is 0 Å². The highest BCUT2D eigenvalue weighted by atomic mass is 16.8. The molecule has 24 heavy (non-hydrogen) atoms. The molecule has 0 aliphatic carbocycles. The normalized spacial score (nSPS) is 42.0. The van der Waals surface area contributed by atoms with Crippen LogP contribution in [0.2, 0.25) is 0 Å². The maximum atomic E-state index is 6.27. The van der Waals surface area contributed by atoms with Gasteiger partial charge in [-0.3, -0.25) is 4.90 Å². The molecule has 7 heteroatoms. The van der Waals surface area contributed by atoms with E-state index in [2.05, 4.69) is 11.8 Å². The number of ether oxygens (including phenoxy) is 5. The van der Waals surface area contributed by atoms with E-state index in [-0.39, 0.29) is 23.9 Å². The summed E-state index contributed by atoms with van der Waals surface area (Å²) in [5, 5.41) is 0. The molecular formula is C17H32N2O5. The summed E-state index contributed by atoms with van der Waals surface area (Å²) in [5.41, 5.74) is 6.17. The number of hydrogen-bond acceptors (Lipinski definition) is 7. The number of likely N-dealkylation sites (tertiary alicyclic amines) is 1. The van der Waals surface area contributed by atoms with Crippen LogP contribution in [0.15, 0.2) is 0 Å². The van der Waals surface area contributed by atoms with Crippen molar-refractivity contribution in [1.82, 2.24) is 4.90 Å². The molecule has 0 aromatic rings. The van der Waals surface area contributed by atoms with Gasteiger partial charge in [0.1, 0.15) is 18.3 Å². The second-order valence-electron chi connectivity index (χ2n) is 8.07. The molecule has 7 nitrogen and oxygen atoms in total. The van der Waals surface area contributed by atoms with Crippen LogP contribution in [-0.4, -0.2) is 80.8 Å². The van der Waals surface area contributed by atoms with E-state index in [0.717, 1.165) is 25.9 Å². The van der Waals surface area contributed by atoms with Gasteiger partial charge < -0.3 is 29.4 Å². The fourth-order valence-electron chi connectivity index (χ4n) is 4.01. The molecular weight excluding hydrogens is 312 g/mol. The van der Waals surface area contributed by atoms with Crippen molar-refractivity contribution in [2.45, 2.75) is 69.0 Å². The number of fused-ring (bicyclic) bond motifs is 1. The number of nitrogens with zero attached hydrogens (tertiary/aromatic N) is 1. The molecule has 0 aromatic heterocycles. The molecule has 0 unspecified atom stereocenters. The van der Waals surface area contributed by atoms with Crippen LogP contribution >= 0.6 is 0 Å². The zero-order valence-electron chi connectivity index (χ0n) is 15.5. The first-order valence-corrected chi connectivity index (χ1v) is 8.79. The zero-order valence-corrected chi connectivity index (χ0v) is 15.5. The largest absolute Gasteiger partial charge is 0.376 e. The van der Waals surface area contributed by atoms with Crippen LogP contribution in [0, 0.1) is 0 Å². The standard InChI is InChI=1S/C17H32N2O5/c1-15(2)23-14-13(21-5)12(20-4)10-22-17(14,24-15)11-19-8-6-16(3,18)7-9-19/h12-14H,6-11,18H2,1-5H3/t12-,13-,14+,17+/m1/s1. The zero-order chi connectivity index (χ0) is 17.6. The third kappa shape index (κ3) is 3.49. The third-order valence-electron chi connectivity index (χ3n) is 5.44. The van der Waals surface area contributed by atoms with E-state index >= 15 is 0 Å². The Balaban J connectivity index is 1.78. The highest BCUT2D eigenvalue weighted by Gasteiger charge is 2.62. The Morgan fingerprint density at radius 1 is 1.12 bits per heavy atom. The summed E-state index contributed by atoms with van der Waals surface area (Å²) >= 11 is 0. The maximum absolute atomic E-state index is 6.27. The molecule has 4 atom stereocenters. The molecule has 0 amide bonds. The Hall–Kier alpha value is -0.280. The first-order chi connectivity index (χ1) is 11.2. The van der Waals surface area contributed by atoms with Crippen molar-refractivity contribution in [3.8, 4) is 0 Å². The molecule has 3 fully saturated rings. The Labute approximate surface area is 144 Å². The molecule has 0 spiro atoms. The monoisotopic (exact) mass is 344 g/mol. The Morgan fingerprint density at radius 2 is 1.79 bits per heavy atom. The average molecular weight is 344 g/mol. The van der Waals surface area contributed by atoms with E-state index in [0.29, 0.717) is 13.2 Å². The van der Waals surface area contributed by atoms with Crippen molar-refractivity contribution in [1.29, 1.82) is 0 Å². The Kier molecular flexibility index (Phi) is 4.99. The van der Waals surface area contributed by atoms with Gasteiger partial charge in [0.15, 0.2) is 5.79 Å². The molecule has 3 heterocycles. The van der Waals surface area contributed by atoms with E-state index in [1.54, 1.807) is 14.2 Å². The summed E-state index contributed by atoms with van der Waals surface area (Å²) in [6.07, 6.45) is 1.20. The minimum Gasteiger partial charge on any atom is -0.376 e. The minimum atomic E-state index is -0.832. The van der Waals surface area contributed by atoms with Crippen molar-refractivity contribution in [3.63, 3.8) is 0 Å². The van der Waals surface area contributed by atoms with E-state index in [1.807, 2.05) is 13.8 Å². The van der Waals surface area contributed by atoms with Crippen LogP contribution in [0.3, 0.4) is 0 Å². The lowest BCUT2D eigenvalue weighted by atomic mass is 9.89. The predicted molar refractivity (Wildman–Crippen MR) is 88.6 cm³/mol. The minimum absolute atomic E-state index is 0.0799. The van der Waals surface area contributed by atoms with Gasteiger partial charge >= 0.3 is 0 Å². The lowest BCUT2D eigenvalue weighted by Gasteiger charge is -2.47. The number of nitrogens with two attached hydrogens (primary N) is 1. The van der Waals surface area contributed by atoms with Crippen LogP contribution in [0.4, 0.5) is 0 Å². The third-order valence-corrected chi connectivity index (χ3v) is 5.44. The van der Waals surface area contributed by atoms with Crippen LogP contribution in [-0.2, 0) is 23.7 Å². The van der Waals surface area contributed by atoms with Crippen molar-refractivity contribution in [2.24, 2.45) is 5.73 Å². The smallest absolute Gasteiger partial charge is 0.213 e. The Bertz CT molecular complexity index is 448. The van der Waals surface area contributed by atoms with Gasteiger partial charge in [0.25, 0.3) is 0 Å². The summed E-state index contributed by atoms with van der Waals surface area (Å²) < 4.78 is 29.8. The molecule has 0 bridgehead atoms. The second kappa shape index (κ2) is 6.46. The molecule has 3 aliphatic heterocycles. The van der Waals surface area contributed by atoms with Crippen molar-refractivity contribution in [3.05, 3.63) is 0 Å². The predicted octanol–water partition coefficient (Wildman–Crippen LogP) is 0.708. The number of methoxy groups -OCH3 is 2. The Morgan fingerprint density at radius 3 is 2.38 bits per heavy atom. The van der Waals surface area contributed by atoms with Gasteiger partial charge in [-0.05, 0) is 33.6 Å². The number of hydrogen-bond donors (Lipinski definition) is 1. The fraction of sp³-hybridized carbons (Fsp3) is 1.00. The quantitative estimate of drug-likeness (QED) is 0.805. The summed E-state index contributed by atoms with van der Waals surface area (Å²) in [6, 6.07) is 0. The molecule has 0 radical (unpaired) electrons. The van der Waals surface area contributed by atoms with Crippen LogP contribution < -0.4 is 5.73 Å². The van der Waals surface area contributed by atoms with Gasteiger partial charge in [-0.2, -0.15) is 0 Å². The molecule has 3 saturated heterocycles. The van der Waals surface area contributed by atoms with E-state index in [4.69, 9.17) is 29.4 Å². The van der Waals surface area contributed by atoms with Crippen LogP contribution in [0.1, 0.15) is 33.6 Å². The molecule has 2 N–H and O–H groups in total. The lowest BCUT2D eigenvalue weighted by Crippen LogP contribution is -2.65. The van der Waals surface area contributed by atoms with E-state index in [1.165, 1.54) is 0 Å².